The molecule has 1 aromatic rings. The van der Waals surface area contributed by atoms with Crippen LogP contribution in [-0.4, -0.2) is 0 Å². The first kappa shape index (κ1) is 12.8. The van der Waals surface area contributed by atoms with Gasteiger partial charge in [0.05, 0.1) is 5.56 Å². The summed E-state index contributed by atoms with van der Waals surface area (Å²) in [5, 5.41) is 0.544. The van der Waals surface area contributed by atoms with Crippen LogP contribution in [-0.2, 0) is 11.5 Å². The van der Waals surface area contributed by atoms with Crippen molar-refractivity contribution in [1.29, 1.82) is 0 Å². The molecule has 0 spiro atoms. The fourth-order valence-corrected chi connectivity index (χ4v) is 3.18. The Hall–Kier alpha value is 0.700. The highest BCUT2D eigenvalue weighted by Crippen LogP contribution is 2.38. The first-order chi connectivity index (χ1) is 6.38. The summed E-state index contributed by atoms with van der Waals surface area (Å²) in [5.41, 5.74) is 0.206. The van der Waals surface area contributed by atoms with E-state index in [4.69, 9.17) is 0 Å². The molecule has 1 rings (SSSR count). The average molecular weight is 444 g/mol. The van der Waals surface area contributed by atoms with Crippen LogP contribution in [0.25, 0.3) is 0 Å². The Kier molecular flexibility index (Phi) is 4.28. The first-order valence-electron chi connectivity index (χ1n) is 3.48. The third-order valence-electron chi connectivity index (χ3n) is 1.61. The van der Waals surface area contributed by atoms with Gasteiger partial charge in [-0.1, -0.05) is 22.0 Å². The lowest BCUT2D eigenvalue weighted by atomic mass is 10.1. The lowest BCUT2D eigenvalue weighted by Crippen LogP contribution is -2.07. The van der Waals surface area contributed by atoms with Crippen molar-refractivity contribution in [1.82, 2.24) is 0 Å². The van der Waals surface area contributed by atoms with Crippen molar-refractivity contribution in [3.8, 4) is 0 Å². The van der Waals surface area contributed by atoms with Crippen LogP contribution < -0.4 is 0 Å². The van der Waals surface area contributed by atoms with E-state index in [-0.39, 0.29) is 4.47 Å². The molecule has 0 bridgehead atoms. The van der Waals surface area contributed by atoms with Gasteiger partial charge in [-0.2, -0.15) is 13.2 Å². The molecule has 1 aromatic carbocycles. The van der Waals surface area contributed by atoms with E-state index >= 15 is 0 Å². The minimum absolute atomic E-state index is 0.113. The van der Waals surface area contributed by atoms with Gasteiger partial charge in [0.1, 0.15) is 0 Å². The predicted octanol–water partition coefficient (Wildman–Crippen LogP) is 4.97. The summed E-state index contributed by atoms with van der Waals surface area (Å²) in [4.78, 5) is 0. The molecule has 0 unspecified atom stereocenters. The van der Waals surface area contributed by atoms with Crippen LogP contribution in [0.4, 0.5) is 13.2 Å². The molecule has 78 valence electrons. The van der Waals surface area contributed by atoms with E-state index in [2.05, 4.69) is 31.9 Å². The lowest BCUT2D eigenvalue weighted by molar-refractivity contribution is -0.138. The third-order valence-corrected chi connectivity index (χ3v) is 5.01. The molecule has 0 saturated heterocycles. The molecule has 0 N–H and O–H groups in total. The number of rotatable bonds is 1. The van der Waals surface area contributed by atoms with Crippen LogP contribution in [0, 0.1) is 3.57 Å². The number of benzene rings is 1. The van der Waals surface area contributed by atoms with Gasteiger partial charge >= 0.3 is 6.18 Å². The van der Waals surface area contributed by atoms with Crippen LogP contribution >= 0.6 is 54.5 Å². The highest BCUT2D eigenvalue weighted by molar-refractivity contribution is 14.1. The predicted molar refractivity (Wildman–Crippen MR) is 64.5 cm³/mol. The number of hydrogen-bond acceptors (Lipinski definition) is 0. The van der Waals surface area contributed by atoms with Crippen LogP contribution in [0.1, 0.15) is 11.1 Å². The molecule has 0 atom stereocenters. The summed E-state index contributed by atoms with van der Waals surface area (Å²) >= 11 is 8.06. The molecule has 0 aliphatic rings. The van der Waals surface area contributed by atoms with E-state index in [9.17, 15) is 13.2 Å². The second-order valence-electron chi connectivity index (χ2n) is 2.53. The van der Waals surface area contributed by atoms with Crippen molar-refractivity contribution in [2.45, 2.75) is 11.5 Å². The summed E-state index contributed by atoms with van der Waals surface area (Å²) in [6, 6.07) is 2.56. The van der Waals surface area contributed by atoms with E-state index in [0.29, 0.717) is 8.90 Å². The van der Waals surface area contributed by atoms with Crippen molar-refractivity contribution in [2.24, 2.45) is 0 Å². The van der Waals surface area contributed by atoms with Gasteiger partial charge in [0.15, 0.2) is 0 Å². The maximum absolute atomic E-state index is 12.4. The molecule has 0 amide bonds. The van der Waals surface area contributed by atoms with Crippen LogP contribution in [0.3, 0.4) is 0 Å². The zero-order chi connectivity index (χ0) is 10.9. The summed E-state index contributed by atoms with van der Waals surface area (Å²) in [6.07, 6.45) is -4.30. The largest absolute Gasteiger partial charge is 0.417 e. The normalized spacial score (nSPS) is 11.9. The van der Waals surface area contributed by atoms with Gasteiger partial charge in [-0.05, 0) is 50.2 Å². The molecule has 0 saturated carbocycles. The topological polar surface area (TPSA) is 0 Å². The fraction of sp³-hybridized carbons (Fsp3) is 0.250. The molecular weight excluding hydrogens is 440 g/mol. The zero-order valence-electron chi connectivity index (χ0n) is 6.63. The highest BCUT2D eigenvalue weighted by Gasteiger charge is 2.33. The van der Waals surface area contributed by atoms with E-state index in [1.54, 1.807) is 0 Å². The maximum Gasteiger partial charge on any atom is 0.417 e. The Labute approximate surface area is 110 Å². The number of halogens is 6. The molecular formula is C8H4Br2F3I. The number of alkyl halides is 4. The molecule has 0 aliphatic heterocycles. The molecule has 0 aromatic heterocycles. The Morgan fingerprint density at radius 1 is 1.29 bits per heavy atom. The summed E-state index contributed by atoms with van der Waals surface area (Å²) in [5.74, 6) is 0. The highest BCUT2D eigenvalue weighted by atomic mass is 127. The second-order valence-corrected chi connectivity index (χ2v) is 4.96. The van der Waals surface area contributed by atoms with Crippen LogP contribution in [0.15, 0.2) is 16.6 Å². The molecule has 0 fully saturated rings. The van der Waals surface area contributed by atoms with E-state index in [1.807, 2.05) is 22.6 Å². The van der Waals surface area contributed by atoms with Gasteiger partial charge in [-0.25, -0.2) is 0 Å². The molecule has 0 heterocycles. The second kappa shape index (κ2) is 4.69. The Bertz CT molecular complexity index is 349. The zero-order valence-corrected chi connectivity index (χ0v) is 12.0. The monoisotopic (exact) mass is 442 g/mol. The Morgan fingerprint density at radius 2 is 1.86 bits per heavy atom. The smallest absolute Gasteiger partial charge is 0.166 e. The minimum atomic E-state index is -4.30. The van der Waals surface area contributed by atoms with Crippen molar-refractivity contribution in [3.05, 3.63) is 31.3 Å². The third kappa shape index (κ3) is 2.63. The molecule has 0 radical (unpaired) electrons. The molecule has 0 aliphatic carbocycles. The first-order valence-corrected chi connectivity index (χ1v) is 6.47. The maximum atomic E-state index is 12.4. The fourth-order valence-electron chi connectivity index (χ4n) is 0.912. The average Bonchev–Trinajstić information content (AvgIpc) is 2.07. The summed E-state index contributed by atoms with van der Waals surface area (Å²) < 4.78 is 38.0. The van der Waals surface area contributed by atoms with Gasteiger partial charge in [0.25, 0.3) is 0 Å². The van der Waals surface area contributed by atoms with E-state index in [1.165, 1.54) is 6.07 Å². The van der Waals surface area contributed by atoms with Gasteiger partial charge < -0.3 is 0 Å². The molecule has 6 heteroatoms. The van der Waals surface area contributed by atoms with Crippen molar-refractivity contribution < 1.29 is 13.2 Å². The molecule has 0 nitrogen and oxygen atoms in total. The van der Waals surface area contributed by atoms with Crippen molar-refractivity contribution >= 4 is 54.5 Å². The van der Waals surface area contributed by atoms with Gasteiger partial charge in [0.2, 0.25) is 0 Å². The molecule has 14 heavy (non-hydrogen) atoms. The quantitative estimate of drug-likeness (QED) is 0.425. The van der Waals surface area contributed by atoms with Gasteiger partial charge in [-0.3, -0.25) is 0 Å². The van der Waals surface area contributed by atoms with Crippen molar-refractivity contribution in [2.75, 3.05) is 0 Å². The van der Waals surface area contributed by atoms with Crippen LogP contribution in [0.5, 0.6) is 0 Å². The van der Waals surface area contributed by atoms with Gasteiger partial charge in [0, 0.05) is 13.4 Å². The van der Waals surface area contributed by atoms with Crippen molar-refractivity contribution in [3.63, 3.8) is 0 Å². The lowest BCUT2D eigenvalue weighted by Gasteiger charge is -2.12. The summed E-state index contributed by atoms with van der Waals surface area (Å²) in [6.45, 7) is 0. The SMILES string of the molecule is FC(F)(F)c1ccc(CBr)c(I)c1Br. The number of hydrogen-bond donors (Lipinski definition) is 0. The van der Waals surface area contributed by atoms with E-state index in [0.717, 1.165) is 11.6 Å². The summed E-state index contributed by atoms with van der Waals surface area (Å²) in [7, 11) is 0. The Morgan fingerprint density at radius 3 is 2.29 bits per heavy atom. The van der Waals surface area contributed by atoms with E-state index < -0.39 is 11.7 Å². The minimum Gasteiger partial charge on any atom is -0.166 e. The standard InChI is InChI=1S/C8H4Br2F3I/c9-3-4-1-2-5(8(11,12)13)6(10)7(4)14/h1-2H,3H2. The van der Waals surface area contributed by atoms with Gasteiger partial charge in [-0.15, -0.1) is 0 Å². The van der Waals surface area contributed by atoms with Crippen LogP contribution in [0.2, 0.25) is 0 Å². The Balaban J connectivity index is 3.31.